The van der Waals surface area contributed by atoms with E-state index in [9.17, 15) is 9.59 Å². The summed E-state index contributed by atoms with van der Waals surface area (Å²) in [6.07, 6.45) is 0.355. The van der Waals surface area contributed by atoms with E-state index < -0.39 is 0 Å². The maximum atomic E-state index is 12.1. The number of amides is 2. The molecule has 1 aliphatic rings. The average molecular weight is 273 g/mol. The van der Waals surface area contributed by atoms with Crippen LogP contribution in [0.5, 0.6) is 0 Å². The molecule has 0 aromatic heterocycles. The van der Waals surface area contributed by atoms with Crippen molar-refractivity contribution in [3.8, 4) is 0 Å². The standard InChI is InChI=1S/C13H15N5O2/c1-9(19)16-11-4-2-3-5-12(11)18-8-10(6-13(18)20)7-15-17-14/h2-5,10H,6-8H2,1H3,(H,16,19). The maximum Gasteiger partial charge on any atom is 0.227 e. The molecule has 2 rings (SSSR count). The number of azide groups is 1. The van der Waals surface area contributed by atoms with Gasteiger partial charge >= 0.3 is 0 Å². The molecule has 0 radical (unpaired) electrons. The van der Waals surface area contributed by atoms with E-state index in [2.05, 4.69) is 15.3 Å². The van der Waals surface area contributed by atoms with Crippen molar-refractivity contribution in [3.63, 3.8) is 0 Å². The molecule has 104 valence electrons. The van der Waals surface area contributed by atoms with Crippen molar-refractivity contribution in [2.24, 2.45) is 11.0 Å². The van der Waals surface area contributed by atoms with E-state index in [4.69, 9.17) is 5.53 Å². The summed E-state index contributed by atoms with van der Waals surface area (Å²) in [5.41, 5.74) is 9.62. The van der Waals surface area contributed by atoms with Gasteiger partial charge in [-0.1, -0.05) is 17.2 Å². The Kier molecular flexibility index (Phi) is 4.22. The number of carbonyl (C=O) groups excluding carboxylic acids is 2. The number of carbonyl (C=O) groups is 2. The number of hydrogen-bond acceptors (Lipinski definition) is 3. The van der Waals surface area contributed by atoms with Crippen LogP contribution in [0, 0.1) is 5.92 Å². The highest BCUT2D eigenvalue weighted by molar-refractivity contribution is 6.01. The van der Waals surface area contributed by atoms with Gasteiger partial charge in [0.05, 0.1) is 11.4 Å². The summed E-state index contributed by atoms with van der Waals surface area (Å²) in [4.78, 5) is 27.6. The lowest BCUT2D eigenvalue weighted by atomic mass is 10.1. The smallest absolute Gasteiger partial charge is 0.227 e. The lowest BCUT2D eigenvalue weighted by molar-refractivity contribution is -0.117. The van der Waals surface area contributed by atoms with Crippen LogP contribution < -0.4 is 10.2 Å². The summed E-state index contributed by atoms with van der Waals surface area (Å²) in [5.74, 6) is -0.195. The van der Waals surface area contributed by atoms with Crippen LogP contribution in [-0.4, -0.2) is 24.9 Å². The Labute approximate surface area is 116 Å². The molecule has 20 heavy (non-hydrogen) atoms. The predicted octanol–water partition coefficient (Wildman–Crippen LogP) is 2.31. The Hall–Kier alpha value is -2.53. The van der Waals surface area contributed by atoms with Crippen LogP contribution in [0.25, 0.3) is 10.4 Å². The van der Waals surface area contributed by atoms with Crippen LogP contribution in [-0.2, 0) is 9.59 Å². The van der Waals surface area contributed by atoms with Gasteiger partial charge in [-0.3, -0.25) is 9.59 Å². The zero-order chi connectivity index (χ0) is 14.5. The Bertz CT molecular complexity index is 580. The zero-order valence-electron chi connectivity index (χ0n) is 11.1. The molecule has 1 aromatic rings. The van der Waals surface area contributed by atoms with Gasteiger partial charge in [0, 0.05) is 31.3 Å². The van der Waals surface area contributed by atoms with Crippen LogP contribution in [0.2, 0.25) is 0 Å². The monoisotopic (exact) mass is 273 g/mol. The molecule has 7 heteroatoms. The summed E-state index contributed by atoms with van der Waals surface area (Å²) in [6, 6.07) is 7.16. The minimum Gasteiger partial charge on any atom is -0.325 e. The second-order valence-electron chi connectivity index (χ2n) is 4.69. The molecular weight excluding hydrogens is 258 g/mol. The molecule has 0 aliphatic carbocycles. The summed E-state index contributed by atoms with van der Waals surface area (Å²) in [6.45, 7) is 2.22. The number of rotatable bonds is 4. The third-order valence-corrected chi connectivity index (χ3v) is 3.11. The number of nitrogens with one attached hydrogen (secondary N) is 1. The lowest BCUT2D eigenvalue weighted by Gasteiger charge is -2.20. The van der Waals surface area contributed by atoms with E-state index in [1.54, 1.807) is 23.1 Å². The van der Waals surface area contributed by atoms with E-state index in [-0.39, 0.29) is 17.7 Å². The molecule has 2 amide bonds. The molecule has 1 unspecified atom stereocenters. The fraction of sp³-hybridized carbons (Fsp3) is 0.385. The Balaban J connectivity index is 2.21. The summed E-state index contributed by atoms with van der Waals surface area (Å²) in [7, 11) is 0. The molecule has 1 N–H and O–H groups in total. The largest absolute Gasteiger partial charge is 0.325 e. The molecule has 0 saturated carbocycles. The molecule has 7 nitrogen and oxygen atoms in total. The van der Waals surface area contributed by atoms with Crippen molar-refractivity contribution in [2.45, 2.75) is 13.3 Å². The first-order valence-electron chi connectivity index (χ1n) is 6.29. The van der Waals surface area contributed by atoms with Gasteiger partial charge in [-0.05, 0) is 23.6 Å². The number of para-hydroxylation sites is 2. The topological polar surface area (TPSA) is 98.2 Å². The number of benzene rings is 1. The summed E-state index contributed by atoms with van der Waals surface area (Å²) in [5, 5.41) is 6.23. The quantitative estimate of drug-likeness (QED) is 0.517. The molecule has 1 fully saturated rings. The van der Waals surface area contributed by atoms with Crippen molar-refractivity contribution in [1.29, 1.82) is 0 Å². The third kappa shape index (κ3) is 3.07. The minimum absolute atomic E-state index is 0.0174. The van der Waals surface area contributed by atoms with Crippen LogP contribution in [0.1, 0.15) is 13.3 Å². The molecule has 1 aliphatic heterocycles. The van der Waals surface area contributed by atoms with Gasteiger partial charge in [-0.2, -0.15) is 0 Å². The normalized spacial score (nSPS) is 17.8. The number of anilines is 2. The highest BCUT2D eigenvalue weighted by Crippen LogP contribution is 2.31. The van der Waals surface area contributed by atoms with Crippen LogP contribution in [0.4, 0.5) is 11.4 Å². The van der Waals surface area contributed by atoms with E-state index in [1.807, 2.05) is 6.07 Å². The van der Waals surface area contributed by atoms with Gasteiger partial charge in [-0.25, -0.2) is 0 Å². The molecule has 0 bridgehead atoms. The fourth-order valence-electron chi connectivity index (χ4n) is 2.29. The van der Waals surface area contributed by atoms with E-state index in [1.165, 1.54) is 6.92 Å². The SMILES string of the molecule is CC(=O)Nc1ccccc1N1CC(CN=[N+]=[N-])CC1=O. The number of hydrogen-bond donors (Lipinski definition) is 1. The summed E-state index contributed by atoms with van der Waals surface area (Å²) >= 11 is 0. The minimum atomic E-state index is -0.185. The molecule has 0 spiro atoms. The second kappa shape index (κ2) is 6.08. The van der Waals surface area contributed by atoms with Crippen LogP contribution >= 0.6 is 0 Å². The van der Waals surface area contributed by atoms with Crippen molar-refractivity contribution in [3.05, 3.63) is 34.7 Å². The maximum absolute atomic E-state index is 12.1. The highest BCUT2D eigenvalue weighted by atomic mass is 16.2. The van der Waals surface area contributed by atoms with Gasteiger partial charge < -0.3 is 10.2 Å². The third-order valence-electron chi connectivity index (χ3n) is 3.11. The van der Waals surface area contributed by atoms with Gasteiger partial charge in [0.25, 0.3) is 0 Å². The molecule has 1 saturated heterocycles. The molecule has 1 heterocycles. The van der Waals surface area contributed by atoms with E-state index in [0.29, 0.717) is 30.9 Å². The van der Waals surface area contributed by atoms with Crippen molar-refractivity contribution >= 4 is 23.2 Å². The first-order chi connectivity index (χ1) is 9.61. The van der Waals surface area contributed by atoms with Gasteiger partial charge in [0.15, 0.2) is 0 Å². The second-order valence-corrected chi connectivity index (χ2v) is 4.69. The summed E-state index contributed by atoms with van der Waals surface area (Å²) < 4.78 is 0. The molecule has 1 atom stereocenters. The van der Waals surface area contributed by atoms with Crippen molar-refractivity contribution in [1.82, 2.24) is 0 Å². The molecule has 1 aromatic carbocycles. The fourth-order valence-corrected chi connectivity index (χ4v) is 2.29. The molecular formula is C13H15N5O2. The number of nitrogens with zero attached hydrogens (tertiary/aromatic N) is 4. The van der Waals surface area contributed by atoms with E-state index in [0.717, 1.165) is 0 Å². The van der Waals surface area contributed by atoms with E-state index >= 15 is 0 Å². The first-order valence-corrected chi connectivity index (χ1v) is 6.29. The van der Waals surface area contributed by atoms with Crippen molar-refractivity contribution in [2.75, 3.05) is 23.3 Å². The van der Waals surface area contributed by atoms with Crippen LogP contribution in [0.15, 0.2) is 29.4 Å². The Morgan fingerprint density at radius 2 is 2.30 bits per heavy atom. The Morgan fingerprint density at radius 1 is 1.55 bits per heavy atom. The predicted molar refractivity (Wildman–Crippen MR) is 75.2 cm³/mol. The Morgan fingerprint density at radius 3 is 3.00 bits per heavy atom. The highest BCUT2D eigenvalue weighted by Gasteiger charge is 2.31. The van der Waals surface area contributed by atoms with Crippen molar-refractivity contribution < 1.29 is 9.59 Å². The van der Waals surface area contributed by atoms with Gasteiger partial charge in [0.1, 0.15) is 0 Å². The van der Waals surface area contributed by atoms with Crippen LogP contribution in [0.3, 0.4) is 0 Å². The van der Waals surface area contributed by atoms with Gasteiger partial charge in [0.2, 0.25) is 11.8 Å². The average Bonchev–Trinajstić information content (AvgIpc) is 2.77. The first kappa shape index (κ1) is 13.9. The van der Waals surface area contributed by atoms with Gasteiger partial charge in [-0.15, -0.1) is 0 Å². The zero-order valence-corrected chi connectivity index (χ0v) is 11.1. The lowest BCUT2D eigenvalue weighted by Crippen LogP contribution is -2.26.